The number of esters is 2. The van der Waals surface area contributed by atoms with Crippen LogP contribution in [0, 0.1) is 0 Å². The number of hydrogen-bond donors (Lipinski definition) is 1. The molecule has 32 heavy (non-hydrogen) atoms. The highest BCUT2D eigenvalue weighted by molar-refractivity contribution is 6.28. The van der Waals surface area contributed by atoms with E-state index < -0.39 is 11.9 Å². The summed E-state index contributed by atoms with van der Waals surface area (Å²) in [6, 6.07) is 4.94. The Morgan fingerprint density at radius 2 is 1.69 bits per heavy atom. The van der Waals surface area contributed by atoms with Gasteiger partial charge < -0.3 is 19.4 Å². The first-order valence-corrected chi connectivity index (χ1v) is 11.0. The third-order valence-corrected chi connectivity index (χ3v) is 5.50. The summed E-state index contributed by atoms with van der Waals surface area (Å²) >= 11 is 6.22. The van der Waals surface area contributed by atoms with Gasteiger partial charge in [-0.2, -0.15) is 9.97 Å². The van der Waals surface area contributed by atoms with Crippen molar-refractivity contribution in [3.63, 3.8) is 0 Å². The zero-order chi connectivity index (χ0) is 22.7. The van der Waals surface area contributed by atoms with Gasteiger partial charge in [-0.1, -0.05) is 12.8 Å². The van der Waals surface area contributed by atoms with Crippen LogP contribution in [0.4, 0.5) is 11.5 Å². The molecule has 10 heteroatoms. The lowest BCUT2D eigenvalue weighted by Crippen LogP contribution is -2.10. The first-order valence-electron chi connectivity index (χ1n) is 10.7. The zero-order valence-electron chi connectivity index (χ0n) is 17.9. The molecule has 0 aliphatic heterocycles. The molecule has 1 aromatic carbocycles. The number of rotatable bonds is 7. The average Bonchev–Trinajstić information content (AvgIpc) is 3.43. The molecule has 4 rings (SSSR count). The highest BCUT2D eigenvalue weighted by Gasteiger charge is 2.22. The van der Waals surface area contributed by atoms with Gasteiger partial charge in [0.25, 0.3) is 0 Å². The van der Waals surface area contributed by atoms with Gasteiger partial charge in [-0.15, -0.1) is 0 Å². The van der Waals surface area contributed by atoms with Crippen molar-refractivity contribution in [3.8, 4) is 0 Å². The van der Waals surface area contributed by atoms with Crippen molar-refractivity contribution < 1.29 is 19.1 Å². The van der Waals surface area contributed by atoms with Gasteiger partial charge in [-0.3, -0.25) is 0 Å². The second-order valence-electron chi connectivity index (χ2n) is 7.47. The van der Waals surface area contributed by atoms with Crippen LogP contribution >= 0.6 is 11.6 Å². The van der Waals surface area contributed by atoms with Crippen LogP contribution in [-0.2, 0) is 9.47 Å². The summed E-state index contributed by atoms with van der Waals surface area (Å²) in [4.78, 5) is 37.9. The van der Waals surface area contributed by atoms with E-state index in [0.717, 1.165) is 12.8 Å². The number of anilines is 2. The molecule has 2 aromatic heterocycles. The van der Waals surface area contributed by atoms with Crippen LogP contribution in [0.1, 0.15) is 66.3 Å². The van der Waals surface area contributed by atoms with Gasteiger partial charge in [-0.25, -0.2) is 14.6 Å². The van der Waals surface area contributed by atoms with Crippen LogP contribution in [0.3, 0.4) is 0 Å². The maximum Gasteiger partial charge on any atom is 0.338 e. The third kappa shape index (κ3) is 4.52. The van der Waals surface area contributed by atoms with E-state index in [9.17, 15) is 9.59 Å². The average molecular weight is 458 g/mol. The molecular weight excluding hydrogens is 434 g/mol. The van der Waals surface area contributed by atoms with Crippen LogP contribution in [0.2, 0.25) is 5.28 Å². The quantitative estimate of drug-likeness (QED) is 0.402. The maximum atomic E-state index is 12.3. The molecule has 1 aliphatic carbocycles. The van der Waals surface area contributed by atoms with Gasteiger partial charge in [0.05, 0.1) is 30.7 Å². The molecule has 0 bridgehead atoms. The number of carbonyl (C=O) groups is 2. The number of benzene rings is 1. The molecule has 0 spiro atoms. The standard InChI is InChI=1S/C22H24ClN5O4/c1-3-31-20(29)13-9-14(21(30)32-4-2)11-15(10-13)25-18-17-19(27-22(23)26-18)28(12-24-17)16-7-5-6-8-16/h9-12,16H,3-8H2,1-2H3,(H,25,26,27). The smallest absolute Gasteiger partial charge is 0.338 e. The number of imidazole rings is 1. The fraction of sp³-hybridized carbons (Fsp3) is 0.409. The SMILES string of the molecule is CCOC(=O)c1cc(Nc2nc(Cl)nc3c2ncn3C2CCCC2)cc(C(=O)OCC)c1. The number of nitrogens with zero attached hydrogens (tertiary/aromatic N) is 4. The van der Waals surface area contributed by atoms with E-state index in [2.05, 4.69) is 20.3 Å². The maximum absolute atomic E-state index is 12.3. The number of hydrogen-bond acceptors (Lipinski definition) is 8. The van der Waals surface area contributed by atoms with Gasteiger partial charge in [-0.05, 0) is 56.5 Å². The summed E-state index contributed by atoms with van der Waals surface area (Å²) in [7, 11) is 0. The van der Waals surface area contributed by atoms with E-state index >= 15 is 0 Å². The Balaban J connectivity index is 1.74. The van der Waals surface area contributed by atoms with E-state index in [4.69, 9.17) is 21.1 Å². The summed E-state index contributed by atoms with van der Waals surface area (Å²) in [5.41, 5.74) is 2.08. The zero-order valence-corrected chi connectivity index (χ0v) is 18.7. The molecule has 0 atom stereocenters. The van der Waals surface area contributed by atoms with Gasteiger partial charge in [0.15, 0.2) is 17.0 Å². The molecule has 0 radical (unpaired) electrons. The van der Waals surface area contributed by atoms with Crippen molar-refractivity contribution in [2.75, 3.05) is 18.5 Å². The highest BCUT2D eigenvalue weighted by atomic mass is 35.5. The Hall–Kier alpha value is -3.20. The number of aromatic nitrogens is 4. The Morgan fingerprint density at radius 3 is 2.28 bits per heavy atom. The summed E-state index contributed by atoms with van der Waals surface area (Å²) < 4.78 is 12.2. The molecule has 3 aromatic rings. The molecule has 1 saturated carbocycles. The third-order valence-electron chi connectivity index (χ3n) is 5.33. The van der Waals surface area contributed by atoms with Gasteiger partial charge in [0.1, 0.15) is 0 Å². The number of halogens is 1. The first-order chi connectivity index (χ1) is 15.5. The van der Waals surface area contributed by atoms with Gasteiger partial charge in [0.2, 0.25) is 5.28 Å². The van der Waals surface area contributed by atoms with Crippen LogP contribution in [0.25, 0.3) is 11.2 Å². The minimum absolute atomic E-state index is 0.0758. The molecule has 9 nitrogen and oxygen atoms in total. The molecular formula is C22H24ClN5O4. The number of fused-ring (bicyclic) bond motifs is 1. The summed E-state index contributed by atoms with van der Waals surface area (Å²) in [6.07, 6.45) is 6.24. The summed E-state index contributed by atoms with van der Waals surface area (Å²) in [5, 5.41) is 3.22. The van der Waals surface area contributed by atoms with Crippen molar-refractivity contribution in [1.82, 2.24) is 19.5 Å². The monoisotopic (exact) mass is 457 g/mol. The van der Waals surface area contributed by atoms with Crippen molar-refractivity contribution >= 4 is 46.2 Å². The van der Waals surface area contributed by atoms with E-state index in [1.807, 2.05) is 4.57 Å². The van der Waals surface area contributed by atoms with Crippen LogP contribution in [0.5, 0.6) is 0 Å². The van der Waals surface area contributed by atoms with Crippen LogP contribution in [0.15, 0.2) is 24.5 Å². The minimum Gasteiger partial charge on any atom is -0.462 e. The molecule has 2 heterocycles. The topological polar surface area (TPSA) is 108 Å². The lowest BCUT2D eigenvalue weighted by molar-refractivity contribution is 0.0525. The Bertz CT molecular complexity index is 1120. The number of carbonyl (C=O) groups excluding carboxylic acids is 2. The van der Waals surface area contributed by atoms with Crippen LogP contribution in [-0.4, -0.2) is 44.7 Å². The molecule has 0 unspecified atom stereocenters. The summed E-state index contributed by atoms with van der Waals surface area (Å²) in [6.45, 7) is 3.86. The Kier molecular flexibility index (Phi) is 6.55. The second kappa shape index (κ2) is 9.52. The molecule has 1 fully saturated rings. The molecule has 0 amide bonds. The van der Waals surface area contributed by atoms with Crippen molar-refractivity contribution in [2.24, 2.45) is 0 Å². The lowest BCUT2D eigenvalue weighted by atomic mass is 10.1. The van der Waals surface area contributed by atoms with Crippen molar-refractivity contribution in [3.05, 3.63) is 40.9 Å². The number of nitrogens with one attached hydrogen (secondary N) is 1. The molecule has 168 valence electrons. The minimum atomic E-state index is -0.543. The van der Waals surface area contributed by atoms with E-state index in [1.54, 1.807) is 32.3 Å². The van der Waals surface area contributed by atoms with Crippen LogP contribution < -0.4 is 5.32 Å². The van der Waals surface area contributed by atoms with E-state index in [1.165, 1.54) is 18.9 Å². The molecule has 1 aliphatic rings. The fourth-order valence-electron chi connectivity index (χ4n) is 3.93. The Morgan fingerprint density at radius 1 is 1.06 bits per heavy atom. The first kappa shape index (κ1) is 22.0. The summed E-state index contributed by atoms with van der Waals surface area (Å²) in [5.74, 6) is -0.705. The largest absolute Gasteiger partial charge is 0.462 e. The molecule has 0 saturated heterocycles. The Labute approximate surface area is 190 Å². The molecule has 1 N–H and O–H groups in total. The van der Waals surface area contributed by atoms with E-state index in [-0.39, 0.29) is 29.6 Å². The van der Waals surface area contributed by atoms with E-state index in [0.29, 0.717) is 28.7 Å². The fourth-order valence-corrected chi connectivity index (χ4v) is 4.09. The second-order valence-corrected chi connectivity index (χ2v) is 7.81. The predicted octanol–water partition coefficient (Wildman–Crippen LogP) is 4.69. The number of ether oxygens (including phenoxy) is 2. The lowest BCUT2D eigenvalue weighted by Gasteiger charge is -2.13. The van der Waals surface area contributed by atoms with Gasteiger partial charge >= 0.3 is 11.9 Å². The highest BCUT2D eigenvalue weighted by Crippen LogP contribution is 2.33. The predicted molar refractivity (Wildman–Crippen MR) is 119 cm³/mol. The van der Waals surface area contributed by atoms with Crippen molar-refractivity contribution in [1.29, 1.82) is 0 Å². The van der Waals surface area contributed by atoms with Crippen molar-refractivity contribution in [2.45, 2.75) is 45.6 Å². The van der Waals surface area contributed by atoms with Gasteiger partial charge in [0, 0.05) is 11.7 Å². The normalized spacial score (nSPS) is 14.0.